The first-order valence-corrected chi connectivity index (χ1v) is 10.00. The van der Waals surface area contributed by atoms with E-state index < -0.39 is 0 Å². The van der Waals surface area contributed by atoms with Crippen LogP contribution in [0.25, 0.3) is 16.8 Å². The molecule has 0 radical (unpaired) electrons. The number of nitrogens with one attached hydrogen (secondary N) is 2. The van der Waals surface area contributed by atoms with Crippen LogP contribution in [0.1, 0.15) is 5.82 Å². The number of benzene rings is 2. The minimum Gasteiger partial charge on any atom is -0.368 e. The second kappa shape index (κ2) is 7.22. The van der Waals surface area contributed by atoms with Crippen molar-refractivity contribution in [3.05, 3.63) is 59.4 Å². The fraction of sp³-hybridized carbons (Fsp3) is 0.0556. The number of halogens is 1. The van der Waals surface area contributed by atoms with Gasteiger partial charge in [-0.05, 0) is 24.3 Å². The summed E-state index contributed by atoms with van der Waals surface area (Å²) in [5.41, 5.74) is 8.44. The lowest BCUT2D eigenvalue weighted by atomic mass is 10.3. The van der Waals surface area contributed by atoms with E-state index in [4.69, 9.17) is 17.3 Å². The Balaban J connectivity index is 1.40. The Labute approximate surface area is 173 Å². The van der Waals surface area contributed by atoms with Crippen LogP contribution in [0, 0.1) is 0 Å². The Morgan fingerprint density at radius 1 is 1.03 bits per heavy atom. The molecule has 4 N–H and O–H groups in total. The zero-order chi connectivity index (χ0) is 19.8. The molecule has 0 atom stereocenters. The number of nitrogen functional groups attached to an aromatic ring is 1. The highest BCUT2D eigenvalue weighted by molar-refractivity contribution is 7.98. The lowest BCUT2D eigenvalue weighted by Crippen LogP contribution is -2.06. The van der Waals surface area contributed by atoms with E-state index in [-0.39, 0.29) is 5.95 Å². The average Bonchev–Trinajstić information content (AvgIpc) is 3.27. The third kappa shape index (κ3) is 3.43. The van der Waals surface area contributed by atoms with Crippen molar-refractivity contribution in [2.45, 2.75) is 10.9 Å². The summed E-state index contributed by atoms with van der Waals surface area (Å²) in [5.74, 6) is 2.13. The SMILES string of the molecule is Nc1nc(CSc2n[nH]c3nc4ccccc4n23)nc(Nc2ccccc2Cl)n1. The van der Waals surface area contributed by atoms with Gasteiger partial charge in [0.2, 0.25) is 17.7 Å². The van der Waals surface area contributed by atoms with Crippen LogP contribution in [-0.2, 0) is 5.75 Å². The molecule has 5 aromatic rings. The van der Waals surface area contributed by atoms with Crippen molar-refractivity contribution in [2.75, 3.05) is 11.1 Å². The number of nitrogens with zero attached hydrogens (tertiary/aromatic N) is 6. The van der Waals surface area contributed by atoms with Gasteiger partial charge in [-0.15, -0.1) is 5.10 Å². The molecule has 144 valence electrons. The molecule has 0 unspecified atom stereocenters. The van der Waals surface area contributed by atoms with E-state index in [1.165, 1.54) is 11.8 Å². The largest absolute Gasteiger partial charge is 0.368 e. The molecule has 0 bridgehead atoms. The number of aromatic nitrogens is 7. The number of aromatic amines is 1. The number of thioether (sulfide) groups is 1. The molecular formula is C18H14ClN9S. The summed E-state index contributed by atoms with van der Waals surface area (Å²) < 4.78 is 1.97. The van der Waals surface area contributed by atoms with Gasteiger partial charge in [-0.25, -0.2) is 10.1 Å². The summed E-state index contributed by atoms with van der Waals surface area (Å²) >= 11 is 7.66. The van der Waals surface area contributed by atoms with Crippen molar-refractivity contribution in [1.82, 2.24) is 34.5 Å². The molecule has 3 aromatic heterocycles. The highest BCUT2D eigenvalue weighted by atomic mass is 35.5. The van der Waals surface area contributed by atoms with Crippen molar-refractivity contribution in [1.29, 1.82) is 0 Å². The standard InChI is InChI=1S/C18H14ClN9S/c19-10-5-1-2-6-11(10)21-16-24-14(23-15(20)25-16)9-29-18-27-26-17-22-12-7-3-4-8-13(12)28(17)18/h1-8H,9H2,(H,22,26)(H3,20,21,23,24,25). The van der Waals surface area contributed by atoms with E-state index in [1.54, 1.807) is 6.07 Å². The molecule has 29 heavy (non-hydrogen) atoms. The van der Waals surface area contributed by atoms with Crippen LogP contribution >= 0.6 is 23.4 Å². The molecule has 0 aliphatic carbocycles. The summed E-state index contributed by atoms with van der Waals surface area (Å²) in [6, 6.07) is 15.2. The Kier molecular flexibility index (Phi) is 4.41. The minimum atomic E-state index is 0.130. The maximum Gasteiger partial charge on any atom is 0.232 e. The topological polar surface area (TPSA) is 123 Å². The second-order valence-electron chi connectivity index (χ2n) is 6.09. The monoisotopic (exact) mass is 423 g/mol. The molecule has 5 rings (SSSR count). The smallest absolute Gasteiger partial charge is 0.232 e. The molecule has 9 nitrogen and oxygen atoms in total. The predicted molar refractivity (Wildman–Crippen MR) is 113 cm³/mol. The van der Waals surface area contributed by atoms with E-state index in [9.17, 15) is 0 Å². The number of rotatable bonds is 5. The van der Waals surface area contributed by atoms with Gasteiger partial charge in [0, 0.05) is 0 Å². The third-order valence-corrected chi connectivity index (χ3v) is 5.42. The summed E-state index contributed by atoms with van der Waals surface area (Å²) in [4.78, 5) is 17.3. The van der Waals surface area contributed by atoms with Gasteiger partial charge in [-0.2, -0.15) is 15.0 Å². The fourth-order valence-electron chi connectivity index (χ4n) is 2.91. The molecule has 0 saturated heterocycles. The van der Waals surface area contributed by atoms with Gasteiger partial charge in [0.1, 0.15) is 5.82 Å². The van der Waals surface area contributed by atoms with Crippen molar-refractivity contribution in [3.8, 4) is 0 Å². The lowest BCUT2D eigenvalue weighted by molar-refractivity contribution is 0.931. The zero-order valence-electron chi connectivity index (χ0n) is 14.9. The van der Waals surface area contributed by atoms with E-state index in [2.05, 4.69) is 35.5 Å². The quantitative estimate of drug-likeness (QED) is 0.366. The van der Waals surface area contributed by atoms with Gasteiger partial charge in [0.15, 0.2) is 5.16 Å². The van der Waals surface area contributed by atoms with Crippen LogP contribution in [-0.4, -0.2) is 34.5 Å². The maximum absolute atomic E-state index is 6.19. The number of H-pyrrole nitrogens is 1. The first-order chi connectivity index (χ1) is 14.2. The Hall–Kier alpha value is -3.37. The molecule has 0 aliphatic heterocycles. The number of para-hydroxylation sites is 3. The van der Waals surface area contributed by atoms with Crippen LogP contribution in [0.15, 0.2) is 53.7 Å². The molecule has 0 saturated carbocycles. The average molecular weight is 424 g/mol. The Morgan fingerprint density at radius 3 is 2.76 bits per heavy atom. The molecule has 0 spiro atoms. The number of fused-ring (bicyclic) bond motifs is 3. The fourth-order valence-corrected chi connectivity index (χ4v) is 3.90. The molecule has 0 amide bonds. The van der Waals surface area contributed by atoms with Gasteiger partial charge >= 0.3 is 0 Å². The van der Waals surface area contributed by atoms with Gasteiger partial charge in [-0.3, -0.25) is 4.40 Å². The van der Waals surface area contributed by atoms with Gasteiger partial charge in [0.05, 0.1) is 27.5 Å². The van der Waals surface area contributed by atoms with Crippen molar-refractivity contribution in [3.63, 3.8) is 0 Å². The van der Waals surface area contributed by atoms with Crippen LogP contribution in [0.3, 0.4) is 0 Å². The van der Waals surface area contributed by atoms with Crippen LogP contribution in [0.2, 0.25) is 5.02 Å². The van der Waals surface area contributed by atoms with Crippen molar-refractivity contribution < 1.29 is 0 Å². The predicted octanol–water partition coefficient (Wildman–Crippen LogP) is 3.67. The summed E-state index contributed by atoms with van der Waals surface area (Å²) in [6.45, 7) is 0. The van der Waals surface area contributed by atoms with Gasteiger partial charge < -0.3 is 11.1 Å². The molecule has 2 aromatic carbocycles. The lowest BCUT2D eigenvalue weighted by Gasteiger charge is -2.08. The minimum absolute atomic E-state index is 0.130. The number of nitrogens with two attached hydrogens (primary N) is 1. The van der Waals surface area contributed by atoms with E-state index in [0.29, 0.717) is 34.0 Å². The number of hydrogen-bond acceptors (Lipinski definition) is 8. The van der Waals surface area contributed by atoms with Crippen LogP contribution in [0.4, 0.5) is 17.6 Å². The summed E-state index contributed by atoms with van der Waals surface area (Å²) in [6.07, 6.45) is 0. The van der Waals surface area contributed by atoms with Crippen LogP contribution < -0.4 is 11.1 Å². The summed E-state index contributed by atoms with van der Waals surface area (Å²) in [7, 11) is 0. The van der Waals surface area contributed by atoms with Crippen molar-refractivity contribution in [2.24, 2.45) is 0 Å². The third-order valence-electron chi connectivity index (χ3n) is 4.15. The van der Waals surface area contributed by atoms with E-state index in [1.807, 2.05) is 46.9 Å². The van der Waals surface area contributed by atoms with Crippen molar-refractivity contribution >= 4 is 57.8 Å². The molecule has 0 aliphatic rings. The molecular weight excluding hydrogens is 410 g/mol. The van der Waals surface area contributed by atoms with Gasteiger partial charge in [0.25, 0.3) is 0 Å². The Morgan fingerprint density at radius 2 is 1.86 bits per heavy atom. The molecule has 3 heterocycles. The normalized spacial score (nSPS) is 11.3. The molecule has 0 fully saturated rings. The number of anilines is 3. The molecule has 11 heteroatoms. The first kappa shape index (κ1) is 17.7. The van der Waals surface area contributed by atoms with E-state index in [0.717, 1.165) is 16.2 Å². The van der Waals surface area contributed by atoms with Crippen LogP contribution in [0.5, 0.6) is 0 Å². The zero-order valence-corrected chi connectivity index (χ0v) is 16.4. The van der Waals surface area contributed by atoms with E-state index >= 15 is 0 Å². The van der Waals surface area contributed by atoms with Gasteiger partial charge in [-0.1, -0.05) is 47.6 Å². The highest BCUT2D eigenvalue weighted by Crippen LogP contribution is 2.26. The first-order valence-electron chi connectivity index (χ1n) is 8.64. The highest BCUT2D eigenvalue weighted by Gasteiger charge is 2.13. The number of hydrogen-bond donors (Lipinski definition) is 3. The number of imidazole rings is 1. The maximum atomic E-state index is 6.19. The Bertz CT molecular complexity index is 1330. The second-order valence-corrected chi connectivity index (χ2v) is 7.44. The summed E-state index contributed by atoms with van der Waals surface area (Å²) in [5, 5.41) is 11.7.